The van der Waals surface area contributed by atoms with Gasteiger partial charge in [0.05, 0.1) is 12.8 Å². The van der Waals surface area contributed by atoms with Crippen LogP contribution in [0.3, 0.4) is 0 Å². The van der Waals surface area contributed by atoms with Gasteiger partial charge in [-0.05, 0) is 24.1 Å². The molecule has 0 saturated carbocycles. The van der Waals surface area contributed by atoms with E-state index in [1.54, 1.807) is 20.4 Å². The summed E-state index contributed by atoms with van der Waals surface area (Å²) in [6.07, 6.45) is 2.43. The summed E-state index contributed by atoms with van der Waals surface area (Å²) in [4.78, 5) is 4.29. The normalized spacial score (nSPS) is 10.3. The Bertz CT molecular complexity index is 506. The molecular formula is C13H16N2O2. The summed E-state index contributed by atoms with van der Waals surface area (Å²) in [7, 11) is 3.46. The van der Waals surface area contributed by atoms with Crippen LogP contribution in [0.4, 0.5) is 6.01 Å². The summed E-state index contributed by atoms with van der Waals surface area (Å²) in [6, 6.07) is 6.67. The zero-order valence-electron chi connectivity index (χ0n) is 10.3. The van der Waals surface area contributed by atoms with Crippen molar-refractivity contribution >= 4 is 6.01 Å². The van der Waals surface area contributed by atoms with Crippen LogP contribution in [0.2, 0.25) is 0 Å². The Morgan fingerprint density at radius 1 is 1.41 bits per heavy atom. The number of nitrogens with one attached hydrogen (secondary N) is 1. The highest BCUT2D eigenvalue weighted by Gasteiger charge is 2.05. The molecule has 0 aliphatic rings. The first-order valence-electron chi connectivity index (χ1n) is 5.48. The van der Waals surface area contributed by atoms with Gasteiger partial charge in [-0.2, -0.15) is 4.98 Å². The van der Waals surface area contributed by atoms with Crippen molar-refractivity contribution in [1.82, 2.24) is 4.98 Å². The summed E-state index contributed by atoms with van der Waals surface area (Å²) < 4.78 is 10.4. The summed E-state index contributed by atoms with van der Waals surface area (Å²) in [5, 5.41) is 2.86. The molecule has 0 bridgehead atoms. The third-order valence-electron chi connectivity index (χ3n) is 2.61. The third-order valence-corrected chi connectivity index (χ3v) is 2.61. The molecule has 0 radical (unpaired) electrons. The highest BCUT2D eigenvalue weighted by atomic mass is 16.5. The molecule has 1 heterocycles. The van der Waals surface area contributed by atoms with Crippen LogP contribution in [0.1, 0.15) is 16.8 Å². The molecule has 0 spiro atoms. The van der Waals surface area contributed by atoms with Crippen LogP contribution in [0.15, 0.2) is 28.9 Å². The molecule has 2 rings (SSSR count). The number of aryl methyl sites for hydroxylation is 1. The van der Waals surface area contributed by atoms with Gasteiger partial charge >= 0.3 is 0 Å². The van der Waals surface area contributed by atoms with Crippen LogP contribution in [0.25, 0.3) is 0 Å². The molecule has 2 aromatic rings. The fourth-order valence-electron chi connectivity index (χ4n) is 1.76. The Morgan fingerprint density at radius 3 is 2.82 bits per heavy atom. The molecule has 1 aromatic carbocycles. The Hall–Kier alpha value is -1.97. The average molecular weight is 232 g/mol. The van der Waals surface area contributed by atoms with E-state index in [0.29, 0.717) is 6.01 Å². The molecular weight excluding hydrogens is 216 g/mol. The van der Waals surface area contributed by atoms with Crippen LogP contribution in [-0.4, -0.2) is 19.1 Å². The predicted octanol–water partition coefficient (Wildman–Crippen LogP) is 2.62. The Kier molecular flexibility index (Phi) is 3.32. The lowest BCUT2D eigenvalue weighted by molar-refractivity contribution is 0.411. The van der Waals surface area contributed by atoms with Gasteiger partial charge < -0.3 is 14.5 Å². The number of nitrogens with zero attached hydrogens (tertiary/aromatic N) is 1. The zero-order valence-corrected chi connectivity index (χ0v) is 10.3. The highest BCUT2D eigenvalue weighted by molar-refractivity contribution is 5.37. The first-order chi connectivity index (χ1) is 8.22. The van der Waals surface area contributed by atoms with Gasteiger partial charge in [-0.1, -0.05) is 12.1 Å². The minimum Gasteiger partial charge on any atom is -0.496 e. The number of anilines is 1. The first kappa shape index (κ1) is 11.5. The number of hydrogen-bond donors (Lipinski definition) is 1. The summed E-state index contributed by atoms with van der Waals surface area (Å²) in [6.45, 7) is 2.03. The number of rotatable bonds is 4. The molecule has 1 N–H and O–H groups in total. The van der Waals surface area contributed by atoms with E-state index in [0.717, 1.165) is 23.4 Å². The van der Waals surface area contributed by atoms with Crippen LogP contribution >= 0.6 is 0 Å². The summed E-state index contributed by atoms with van der Waals surface area (Å²) in [5.41, 5.74) is 3.24. The zero-order chi connectivity index (χ0) is 12.3. The molecule has 0 atom stereocenters. The molecule has 0 saturated heterocycles. The van der Waals surface area contributed by atoms with Crippen molar-refractivity contribution in [3.05, 3.63) is 41.3 Å². The highest BCUT2D eigenvalue weighted by Crippen LogP contribution is 2.20. The van der Waals surface area contributed by atoms with E-state index >= 15 is 0 Å². The third kappa shape index (κ3) is 2.58. The average Bonchev–Trinajstić information content (AvgIpc) is 2.77. The van der Waals surface area contributed by atoms with Crippen molar-refractivity contribution in [3.63, 3.8) is 0 Å². The largest absolute Gasteiger partial charge is 0.496 e. The fourth-order valence-corrected chi connectivity index (χ4v) is 1.76. The van der Waals surface area contributed by atoms with Gasteiger partial charge in [-0.25, -0.2) is 0 Å². The van der Waals surface area contributed by atoms with Crippen LogP contribution in [0.5, 0.6) is 5.75 Å². The van der Waals surface area contributed by atoms with Gasteiger partial charge in [-0.15, -0.1) is 0 Å². The number of aromatic nitrogens is 1. The van der Waals surface area contributed by atoms with Gasteiger partial charge in [0.2, 0.25) is 0 Å². The molecule has 17 heavy (non-hydrogen) atoms. The van der Waals surface area contributed by atoms with Crippen LogP contribution in [-0.2, 0) is 6.42 Å². The Balaban J connectivity index is 2.15. The molecule has 1 aromatic heterocycles. The fraction of sp³-hybridized carbons (Fsp3) is 0.308. The predicted molar refractivity (Wildman–Crippen MR) is 66.6 cm³/mol. The van der Waals surface area contributed by atoms with Crippen molar-refractivity contribution in [2.45, 2.75) is 13.3 Å². The number of hydrogen-bond acceptors (Lipinski definition) is 4. The standard InChI is InChI=1S/C13H16N2O2/c1-9-6-10(4-5-12(9)16-3)7-11-8-17-13(14-2)15-11/h4-6,8H,7H2,1-3H3,(H,14,15). The molecule has 4 nitrogen and oxygen atoms in total. The SMILES string of the molecule is CNc1nc(Cc2ccc(OC)c(C)c2)co1. The van der Waals surface area contributed by atoms with Crippen LogP contribution in [0, 0.1) is 6.92 Å². The Morgan fingerprint density at radius 2 is 2.24 bits per heavy atom. The van der Waals surface area contributed by atoms with E-state index in [1.165, 1.54) is 5.56 Å². The number of oxazole rings is 1. The maximum Gasteiger partial charge on any atom is 0.294 e. The van der Waals surface area contributed by atoms with E-state index in [1.807, 2.05) is 19.1 Å². The maximum absolute atomic E-state index is 5.23. The number of benzene rings is 1. The molecule has 90 valence electrons. The molecule has 0 aliphatic heterocycles. The minimum atomic E-state index is 0.547. The lowest BCUT2D eigenvalue weighted by atomic mass is 10.1. The van der Waals surface area contributed by atoms with E-state index in [9.17, 15) is 0 Å². The quantitative estimate of drug-likeness (QED) is 0.880. The van der Waals surface area contributed by atoms with E-state index in [2.05, 4.69) is 16.4 Å². The summed E-state index contributed by atoms with van der Waals surface area (Å²) in [5.74, 6) is 0.907. The van der Waals surface area contributed by atoms with Crippen molar-refractivity contribution in [2.75, 3.05) is 19.5 Å². The molecule has 0 unspecified atom stereocenters. The van der Waals surface area contributed by atoms with Gasteiger partial charge in [0.25, 0.3) is 6.01 Å². The van der Waals surface area contributed by atoms with Gasteiger partial charge in [0.1, 0.15) is 12.0 Å². The molecule has 0 fully saturated rings. The van der Waals surface area contributed by atoms with Gasteiger partial charge in [-0.3, -0.25) is 0 Å². The molecule has 0 amide bonds. The van der Waals surface area contributed by atoms with Gasteiger partial charge in [0, 0.05) is 13.5 Å². The Labute approximate surface area is 101 Å². The van der Waals surface area contributed by atoms with Crippen molar-refractivity contribution in [2.24, 2.45) is 0 Å². The second-order valence-electron chi connectivity index (χ2n) is 3.87. The van der Waals surface area contributed by atoms with Crippen LogP contribution < -0.4 is 10.1 Å². The smallest absolute Gasteiger partial charge is 0.294 e. The van der Waals surface area contributed by atoms with E-state index in [-0.39, 0.29) is 0 Å². The van der Waals surface area contributed by atoms with E-state index < -0.39 is 0 Å². The second kappa shape index (κ2) is 4.91. The minimum absolute atomic E-state index is 0.547. The van der Waals surface area contributed by atoms with Crippen molar-refractivity contribution in [3.8, 4) is 5.75 Å². The second-order valence-corrected chi connectivity index (χ2v) is 3.87. The maximum atomic E-state index is 5.23. The molecule has 4 heteroatoms. The lowest BCUT2D eigenvalue weighted by Gasteiger charge is -2.06. The summed E-state index contributed by atoms with van der Waals surface area (Å²) >= 11 is 0. The van der Waals surface area contributed by atoms with Crippen molar-refractivity contribution < 1.29 is 9.15 Å². The lowest BCUT2D eigenvalue weighted by Crippen LogP contribution is -1.93. The monoisotopic (exact) mass is 232 g/mol. The number of methoxy groups -OCH3 is 1. The first-order valence-corrected chi connectivity index (χ1v) is 5.48. The topological polar surface area (TPSA) is 47.3 Å². The van der Waals surface area contributed by atoms with E-state index in [4.69, 9.17) is 9.15 Å². The number of ether oxygens (including phenoxy) is 1. The van der Waals surface area contributed by atoms with Crippen molar-refractivity contribution in [1.29, 1.82) is 0 Å². The molecule has 0 aliphatic carbocycles. The van der Waals surface area contributed by atoms with Gasteiger partial charge in [0.15, 0.2) is 0 Å².